The topological polar surface area (TPSA) is 33.7 Å². The van der Waals surface area contributed by atoms with Gasteiger partial charge in [-0.1, -0.05) is 116 Å². The summed E-state index contributed by atoms with van der Waals surface area (Å²) < 4.78 is 13.6. The van der Waals surface area contributed by atoms with Crippen molar-refractivity contribution >= 4 is 28.2 Å². The van der Waals surface area contributed by atoms with Crippen LogP contribution in [-0.4, -0.2) is 6.54 Å². The van der Waals surface area contributed by atoms with Crippen molar-refractivity contribution in [3.05, 3.63) is 222 Å². The summed E-state index contributed by atoms with van der Waals surface area (Å²) in [6.45, 7) is 5.52. The third-order valence-corrected chi connectivity index (χ3v) is 10.6. The van der Waals surface area contributed by atoms with E-state index in [2.05, 4.69) is 168 Å². The Morgan fingerprint density at radius 1 is 0.577 bits per heavy atom. The Bertz CT molecular complexity index is 2510. The standard InChI is InChI=1S/C48H34N2O2/c1-32-36(17-13-29-50(35-14-3-2-4-15-35)43-21-8-5-16-37(32)43)33-25-27-46-41(30-33)48(38-18-6-9-22-44(38)51-45-23-10-7-19-39(45)48)40-26-24-34(31-47(40)52-46)42-20-11-12-28-49-42/h2-27,29-31,49H,1,28H2/b29-13-,36-17+. The van der Waals surface area contributed by atoms with Crippen molar-refractivity contribution in [1.82, 2.24) is 5.32 Å². The molecule has 6 aromatic rings. The number of nitrogens with zero attached hydrogens (tertiary/aromatic N) is 1. The first-order chi connectivity index (χ1) is 25.7. The van der Waals surface area contributed by atoms with E-state index >= 15 is 0 Å². The summed E-state index contributed by atoms with van der Waals surface area (Å²) in [6, 6.07) is 49.0. The Morgan fingerprint density at radius 2 is 1.25 bits per heavy atom. The molecule has 0 radical (unpaired) electrons. The lowest BCUT2D eigenvalue weighted by Crippen LogP contribution is -2.37. The molecule has 52 heavy (non-hydrogen) atoms. The van der Waals surface area contributed by atoms with E-state index in [9.17, 15) is 0 Å². The fourth-order valence-corrected chi connectivity index (χ4v) is 8.23. The highest BCUT2D eigenvalue weighted by Crippen LogP contribution is 2.62. The number of anilines is 2. The molecule has 0 fully saturated rings. The van der Waals surface area contributed by atoms with Gasteiger partial charge in [-0.2, -0.15) is 0 Å². The van der Waals surface area contributed by atoms with Gasteiger partial charge in [-0.25, -0.2) is 0 Å². The fourth-order valence-electron chi connectivity index (χ4n) is 8.23. The Labute approximate surface area is 303 Å². The van der Waals surface area contributed by atoms with Gasteiger partial charge in [0.25, 0.3) is 0 Å². The first-order valence-corrected chi connectivity index (χ1v) is 17.7. The zero-order chi connectivity index (χ0) is 34.6. The maximum Gasteiger partial charge on any atom is 0.132 e. The molecule has 4 heterocycles. The van der Waals surface area contributed by atoms with Crippen LogP contribution in [0.5, 0.6) is 23.0 Å². The number of dihydropyridines is 1. The van der Waals surface area contributed by atoms with E-state index in [1.807, 2.05) is 18.2 Å². The van der Waals surface area contributed by atoms with Crippen LogP contribution in [0.15, 0.2) is 183 Å². The molecule has 248 valence electrons. The van der Waals surface area contributed by atoms with E-state index < -0.39 is 5.41 Å². The third kappa shape index (κ3) is 4.54. The molecule has 0 bridgehead atoms. The summed E-state index contributed by atoms with van der Waals surface area (Å²) in [5, 5.41) is 3.52. The van der Waals surface area contributed by atoms with Gasteiger partial charge in [0, 0.05) is 57.5 Å². The van der Waals surface area contributed by atoms with Crippen molar-refractivity contribution in [1.29, 1.82) is 0 Å². The molecule has 4 aliphatic heterocycles. The molecule has 4 heteroatoms. The maximum atomic E-state index is 6.92. The third-order valence-electron chi connectivity index (χ3n) is 10.6. The second kappa shape index (κ2) is 11.9. The average molecular weight is 671 g/mol. The fraction of sp³-hybridized carbons (Fsp3) is 0.0417. The second-order valence-corrected chi connectivity index (χ2v) is 13.4. The SMILES string of the molecule is C=C1/C(c2ccc3c(c2)C2(c4ccccc4Oc4ccccc42)c2ccc(C4=CC=CCN4)cc2O3)=C\C=C/N(c2ccccc2)c2ccccc21. The van der Waals surface area contributed by atoms with Crippen molar-refractivity contribution in [2.75, 3.05) is 11.4 Å². The minimum Gasteiger partial charge on any atom is -0.457 e. The normalized spacial score (nSPS) is 17.5. The number of nitrogens with one attached hydrogen (secondary N) is 1. The smallest absolute Gasteiger partial charge is 0.132 e. The summed E-state index contributed by atoms with van der Waals surface area (Å²) in [4.78, 5) is 2.22. The van der Waals surface area contributed by atoms with E-state index in [1.165, 1.54) is 0 Å². The van der Waals surface area contributed by atoms with Gasteiger partial charge in [0.05, 0.1) is 11.1 Å². The molecular weight excluding hydrogens is 637 g/mol. The average Bonchev–Trinajstić information content (AvgIpc) is 3.20. The van der Waals surface area contributed by atoms with Gasteiger partial charge in [0.2, 0.25) is 0 Å². The predicted molar refractivity (Wildman–Crippen MR) is 211 cm³/mol. The van der Waals surface area contributed by atoms with Gasteiger partial charge in [-0.05, 0) is 77.4 Å². The molecule has 0 aromatic heterocycles. The van der Waals surface area contributed by atoms with Crippen LogP contribution in [-0.2, 0) is 5.41 Å². The molecule has 4 nitrogen and oxygen atoms in total. The molecule has 1 N–H and O–H groups in total. The van der Waals surface area contributed by atoms with Crippen LogP contribution in [0.3, 0.4) is 0 Å². The van der Waals surface area contributed by atoms with E-state index in [0.29, 0.717) is 0 Å². The molecular formula is C48H34N2O2. The minimum atomic E-state index is -0.710. The van der Waals surface area contributed by atoms with Crippen LogP contribution in [0.2, 0.25) is 0 Å². The quantitative estimate of drug-likeness (QED) is 0.203. The van der Waals surface area contributed by atoms with Crippen molar-refractivity contribution in [2.45, 2.75) is 5.41 Å². The number of benzene rings is 6. The zero-order valence-electron chi connectivity index (χ0n) is 28.4. The number of hydrogen-bond donors (Lipinski definition) is 1. The highest BCUT2D eigenvalue weighted by molar-refractivity contribution is 6.08. The van der Waals surface area contributed by atoms with Crippen molar-refractivity contribution in [2.24, 2.45) is 0 Å². The van der Waals surface area contributed by atoms with Gasteiger partial charge in [-0.3, -0.25) is 0 Å². The first kappa shape index (κ1) is 30.1. The van der Waals surface area contributed by atoms with Gasteiger partial charge < -0.3 is 19.7 Å². The number of hydrogen-bond acceptors (Lipinski definition) is 4. The second-order valence-electron chi connectivity index (χ2n) is 13.4. The zero-order valence-corrected chi connectivity index (χ0v) is 28.4. The van der Waals surface area contributed by atoms with Crippen LogP contribution < -0.4 is 19.7 Å². The molecule has 0 atom stereocenters. The molecule has 0 saturated carbocycles. The van der Waals surface area contributed by atoms with E-state index in [1.54, 1.807) is 0 Å². The lowest BCUT2D eigenvalue weighted by molar-refractivity contribution is 0.399. The Morgan fingerprint density at radius 3 is 2.04 bits per heavy atom. The number of allylic oxidation sites excluding steroid dienone is 6. The Kier molecular flexibility index (Phi) is 6.90. The Balaban J connectivity index is 1.20. The highest BCUT2D eigenvalue weighted by atomic mass is 16.5. The lowest BCUT2D eigenvalue weighted by atomic mass is 9.62. The molecule has 4 aliphatic rings. The van der Waals surface area contributed by atoms with Crippen molar-refractivity contribution < 1.29 is 9.47 Å². The summed E-state index contributed by atoms with van der Waals surface area (Å²) in [5.41, 5.74) is 12.0. The van der Waals surface area contributed by atoms with E-state index in [-0.39, 0.29) is 0 Å². The Hall–Kier alpha value is -6.78. The van der Waals surface area contributed by atoms with E-state index in [4.69, 9.17) is 16.1 Å². The van der Waals surface area contributed by atoms with Crippen molar-refractivity contribution in [3.8, 4) is 23.0 Å². The molecule has 10 rings (SSSR count). The number of ether oxygens (including phenoxy) is 2. The number of para-hydroxylation sites is 4. The van der Waals surface area contributed by atoms with Crippen LogP contribution >= 0.6 is 0 Å². The van der Waals surface area contributed by atoms with Crippen LogP contribution in [0.25, 0.3) is 16.8 Å². The van der Waals surface area contributed by atoms with Gasteiger partial charge in [0.15, 0.2) is 0 Å². The van der Waals surface area contributed by atoms with E-state index in [0.717, 1.165) is 96.7 Å². The largest absolute Gasteiger partial charge is 0.457 e. The molecule has 0 saturated heterocycles. The maximum absolute atomic E-state index is 6.92. The monoisotopic (exact) mass is 670 g/mol. The van der Waals surface area contributed by atoms with Gasteiger partial charge >= 0.3 is 0 Å². The molecule has 0 amide bonds. The van der Waals surface area contributed by atoms with Gasteiger partial charge in [0.1, 0.15) is 23.0 Å². The number of rotatable bonds is 3. The number of fused-ring (bicyclic) bond motifs is 9. The minimum absolute atomic E-state index is 0.710. The van der Waals surface area contributed by atoms with Crippen molar-refractivity contribution in [3.63, 3.8) is 0 Å². The predicted octanol–water partition coefficient (Wildman–Crippen LogP) is 11.5. The summed E-state index contributed by atoms with van der Waals surface area (Å²) in [7, 11) is 0. The molecule has 1 spiro atoms. The van der Waals surface area contributed by atoms with Crippen LogP contribution in [0.1, 0.15) is 38.9 Å². The first-order valence-electron chi connectivity index (χ1n) is 17.7. The molecule has 0 aliphatic carbocycles. The molecule has 6 aromatic carbocycles. The molecule has 0 unspecified atom stereocenters. The lowest BCUT2D eigenvalue weighted by Gasteiger charge is -2.45. The van der Waals surface area contributed by atoms with Gasteiger partial charge in [-0.15, -0.1) is 0 Å². The van der Waals surface area contributed by atoms with Crippen LogP contribution in [0.4, 0.5) is 11.4 Å². The summed E-state index contributed by atoms with van der Waals surface area (Å²) in [6.07, 6.45) is 12.8. The van der Waals surface area contributed by atoms with Crippen LogP contribution in [0, 0.1) is 0 Å². The highest BCUT2D eigenvalue weighted by Gasteiger charge is 2.50. The summed E-state index contributed by atoms with van der Waals surface area (Å²) in [5.74, 6) is 3.31. The summed E-state index contributed by atoms with van der Waals surface area (Å²) >= 11 is 0.